The van der Waals surface area contributed by atoms with Crippen molar-refractivity contribution in [3.05, 3.63) is 22.2 Å². The van der Waals surface area contributed by atoms with Gasteiger partial charge in [-0.05, 0) is 29.1 Å². The largest absolute Gasteiger partial charge is 0.414 e. The van der Waals surface area contributed by atoms with Crippen molar-refractivity contribution in [2.24, 2.45) is 0 Å². The van der Waals surface area contributed by atoms with Gasteiger partial charge in [-0.3, -0.25) is 14.2 Å². The van der Waals surface area contributed by atoms with Gasteiger partial charge in [0.1, 0.15) is 17.5 Å². The van der Waals surface area contributed by atoms with Crippen molar-refractivity contribution in [1.29, 1.82) is 0 Å². The van der Waals surface area contributed by atoms with Crippen LogP contribution in [0.1, 0.15) is 74.1 Å². The third-order valence-electron chi connectivity index (χ3n) is 8.34. The molecular formula is C26H46N4O7Si2. The molecule has 1 aromatic heterocycles. The third kappa shape index (κ3) is 5.09. The number of aryl methyl sites for hydroxylation is 1. The second-order valence-corrected chi connectivity index (χ2v) is 21.4. The maximum absolute atomic E-state index is 13.3. The van der Waals surface area contributed by atoms with Crippen molar-refractivity contribution in [2.75, 3.05) is 25.5 Å². The van der Waals surface area contributed by atoms with Crippen LogP contribution in [0, 0.1) is 6.92 Å². The second kappa shape index (κ2) is 10.7. The molecule has 0 spiro atoms. The monoisotopic (exact) mass is 582 g/mol. The minimum absolute atomic E-state index is 0.140. The van der Waals surface area contributed by atoms with Crippen LogP contribution in [0.4, 0.5) is 5.82 Å². The van der Waals surface area contributed by atoms with Gasteiger partial charge in [0.25, 0.3) is 0 Å². The Morgan fingerprint density at radius 1 is 1.08 bits per heavy atom. The lowest BCUT2D eigenvalue weighted by Crippen LogP contribution is -2.71. The molecule has 1 N–H and O–H groups in total. The minimum Gasteiger partial charge on any atom is -0.414 e. The number of amides is 1. The van der Waals surface area contributed by atoms with Gasteiger partial charge in [0.2, 0.25) is 5.91 Å². The number of hydrogen-bond donors (Lipinski definition) is 1. The minimum atomic E-state index is -2.93. The number of hydrogen-bond acceptors (Lipinski definition) is 9. The Bertz CT molecular complexity index is 1130. The van der Waals surface area contributed by atoms with Gasteiger partial charge < -0.3 is 23.0 Å². The fourth-order valence-corrected chi connectivity index (χ4v) is 17.7. The van der Waals surface area contributed by atoms with E-state index in [0.717, 1.165) is 0 Å². The summed E-state index contributed by atoms with van der Waals surface area (Å²) >= 11 is 0. The summed E-state index contributed by atoms with van der Waals surface area (Å²) in [6.45, 7) is 21.3. The summed E-state index contributed by atoms with van der Waals surface area (Å²) in [5.74, 6) is -0.0640. The van der Waals surface area contributed by atoms with Crippen LogP contribution in [0.15, 0.2) is 11.0 Å². The first-order chi connectivity index (χ1) is 18.1. The average Bonchev–Trinajstić information content (AvgIpc) is 2.97. The van der Waals surface area contributed by atoms with Crippen molar-refractivity contribution in [2.45, 2.75) is 115 Å². The zero-order valence-corrected chi connectivity index (χ0v) is 27.2. The van der Waals surface area contributed by atoms with E-state index in [-0.39, 0.29) is 40.5 Å². The zero-order valence-electron chi connectivity index (χ0n) is 25.2. The Kier molecular flexibility index (Phi) is 8.40. The topological polar surface area (TPSA) is 113 Å². The molecule has 0 radical (unpaired) electrons. The van der Waals surface area contributed by atoms with Crippen molar-refractivity contribution in [3.63, 3.8) is 0 Å². The van der Waals surface area contributed by atoms with E-state index in [1.165, 1.54) is 11.5 Å². The molecule has 39 heavy (non-hydrogen) atoms. The Balaban J connectivity index is 1.86. The molecule has 0 aliphatic carbocycles. The molecule has 3 fully saturated rings. The number of nitrogens with one attached hydrogen (secondary N) is 1. The maximum atomic E-state index is 13.3. The van der Waals surface area contributed by atoms with E-state index < -0.39 is 46.8 Å². The Morgan fingerprint density at radius 2 is 1.67 bits per heavy atom. The molecule has 3 aliphatic rings. The van der Waals surface area contributed by atoms with E-state index >= 15 is 0 Å². The molecule has 1 unspecified atom stereocenters. The summed E-state index contributed by atoms with van der Waals surface area (Å²) in [4.78, 5) is 35.4. The van der Waals surface area contributed by atoms with Gasteiger partial charge >= 0.3 is 22.8 Å². The summed E-state index contributed by atoms with van der Waals surface area (Å²) in [6, 6.07) is 0. The molecule has 13 heteroatoms. The average molecular weight is 583 g/mol. The summed E-state index contributed by atoms with van der Waals surface area (Å²) in [5.41, 5.74) is -0.112. The number of ether oxygens (including phenoxy) is 1. The van der Waals surface area contributed by atoms with Gasteiger partial charge in [0, 0.05) is 25.7 Å². The quantitative estimate of drug-likeness (QED) is 0.498. The number of nitrogens with zero attached hydrogens (tertiary/aromatic N) is 3. The number of rotatable bonds is 6. The molecule has 2 bridgehead atoms. The number of hydroxylamine groups is 2. The lowest BCUT2D eigenvalue weighted by Gasteiger charge is -2.55. The first kappa shape index (κ1) is 30.5. The van der Waals surface area contributed by atoms with Gasteiger partial charge in [-0.1, -0.05) is 55.4 Å². The number of likely N-dealkylation sites (N-methyl/N-ethyl adjacent to an activating group) is 1. The smallest absolute Gasteiger partial charge is 0.351 e. The molecule has 3 aliphatic heterocycles. The summed E-state index contributed by atoms with van der Waals surface area (Å²) in [7, 11) is -3.86. The molecular weight excluding hydrogens is 536 g/mol. The molecule has 220 valence electrons. The summed E-state index contributed by atoms with van der Waals surface area (Å²) in [5, 5.41) is 4.38. The molecule has 1 aromatic rings. The van der Waals surface area contributed by atoms with E-state index in [9.17, 15) is 9.59 Å². The van der Waals surface area contributed by atoms with Crippen LogP contribution in [0.3, 0.4) is 0 Å². The second-order valence-electron chi connectivity index (χ2n) is 12.6. The van der Waals surface area contributed by atoms with Gasteiger partial charge in [-0.15, -0.1) is 0 Å². The van der Waals surface area contributed by atoms with Crippen LogP contribution in [0.5, 0.6) is 0 Å². The van der Waals surface area contributed by atoms with E-state index in [1.54, 1.807) is 18.2 Å². The van der Waals surface area contributed by atoms with Crippen molar-refractivity contribution in [3.8, 4) is 0 Å². The van der Waals surface area contributed by atoms with Crippen LogP contribution < -0.4 is 11.0 Å². The van der Waals surface area contributed by atoms with Gasteiger partial charge in [0.05, 0.1) is 13.2 Å². The fourth-order valence-electron chi connectivity index (χ4n) is 6.42. The van der Waals surface area contributed by atoms with Gasteiger partial charge in [0.15, 0.2) is 12.3 Å². The number of anilines is 1. The lowest BCUT2D eigenvalue weighted by atomic mass is 9.94. The predicted molar refractivity (Wildman–Crippen MR) is 152 cm³/mol. The zero-order chi connectivity index (χ0) is 29.1. The Labute approximate surface area is 234 Å². The summed E-state index contributed by atoms with van der Waals surface area (Å²) in [6.07, 6.45) is -0.276. The molecule has 4 heterocycles. The summed E-state index contributed by atoms with van der Waals surface area (Å²) < 4.78 is 29.9. The highest BCUT2D eigenvalue weighted by Crippen LogP contribution is 2.53. The highest BCUT2D eigenvalue weighted by Gasteiger charge is 2.68. The maximum Gasteiger partial charge on any atom is 0.351 e. The van der Waals surface area contributed by atoms with Crippen LogP contribution in [-0.4, -0.2) is 75.7 Å². The molecule has 0 aromatic carbocycles. The highest BCUT2D eigenvalue weighted by molar-refractivity contribution is 6.84. The standard InChI is InChI=1S/C26H46N4O7Si2/c1-15(2)38(16(3)4)33-14-26-13-29(11)35-21(22(26)36-39(37-38,17(5)6)18(7)8)24(34-26)30-12-19(9)23(27-20(10)31)28-25(30)32/h12,15-18,21-22,24H,13-14H2,1-11H3,(H,27,28,31,32)/t21?,22-,24-,26-/m1/s1. The van der Waals surface area contributed by atoms with Crippen molar-refractivity contribution >= 4 is 28.8 Å². The first-order valence-electron chi connectivity index (χ1n) is 14.0. The van der Waals surface area contributed by atoms with E-state index in [4.69, 9.17) is 22.5 Å². The molecule has 11 nitrogen and oxygen atoms in total. The van der Waals surface area contributed by atoms with Gasteiger partial charge in [-0.2, -0.15) is 10.0 Å². The van der Waals surface area contributed by atoms with Gasteiger partial charge in [-0.25, -0.2) is 4.79 Å². The Morgan fingerprint density at radius 3 is 2.21 bits per heavy atom. The van der Waals surface area contributed by atoms with Crippen LogP contribution in [-0.2, 0) is 27.3 Å². The molecule has 4 rings (SSSR count). The molecule has 4 atom stereocenters. The van der Waals surface area contributed by atoms with E-state index in [0.29, 0.717) is 12.1 Å². The lowest BCUT2D eigenvalue weighted by molar-refractivity contribution is -0.257. The van der Waals surface area contributed by atoms with E-state index in [1.807, 2.05) is 7.05 Å². The number of carbonyl (C=O) groups excluding carboxylic acids is 1. The number of carbonyl (C=O) groups is 1. The Hall–Kier alpha value is -1.46. The predicted octanol–water partition coefficient (Wildman–Crippen LogP) is 3.98. The van der Waals surface area contributed by atoms with Crippen LogP contribution >= 0.6 is 0 Å². The SMILES string of the molecule is CC(=O)Nc1nc(=O)n([C@@H]2O[C@]34CO[Si](C(C)C)(C(C)C)O[Si](C(C)C)(C(C)C)O[C@@H]3C2ON(C)C4)cc1C. The highest BCUT2D eigenvalue weighted by atomic mass is 28.5. The normalized spacial score (nSPS) is 30.5. The third-order valence-corrected chi connectivity index (χ3v) is 18.5. The first-order valence-corrected chi connectivity index (χ1v) is 18.0. The molecule has 1 amide bonds. The fraction of sp³-hybridized carbons (Fsp3) is 0.808. The van der Waals surface area contributed by atoms with Crippen molar-refractivity contribution in [1.82, 2.24) is 14.6 Å². The van der Waals surface area contributed by atoms with Crippen LogP contribution in [0.25, 0.3) is 0 Å². The molecule has 3 saturated heterocycles. The van der Waals surface area contributed by atoms with E-state index in [2.05, 4.69) is 65.7 Å². The number of aromatic nitrogens is 2. The van der Waals surface area contributed by atoms with Crippen LogP contribution in [0.2, 0.25) is 22.2 Å². The van der Waals surface area contributed by atoms with Crippen molar-refractivity contribution < 1.29 is 27.3 Å². The molecule has 0 saturated carbocycles.